The van der Waals surface area contributed by atoms with Gasteiger partial charge >= 0.3 is 0 Å². The Morgan fingerprint density at radius 1 is 1.29 bits per heavy atom. The third-order valence-corrected chi connectivity index (χ3v) is 5.04. The SMILES string of the molecule is O=C1C[C@H]2CN(c3nc(-c4ccc(F)cc4)cs3)C[C@H]2N1. The van der Waals surface area contributed by atoms with Crippen LogP contribution >= 0.6 is 11.3 Å². The average molecular weight is 303 g/mol. The molecule has 0 radical (unpaired) electrons. The molecule has 2 aromatic rings. The van der Waals surface area contributed by atoms with E-state index in [2.05, 4.69) is 15.2 Å². The molecule has 0 unspecified atom stereocenters. The van der Waals surface area contributed by atoms with Crippen LogP contribution in [-0.4, -0.2) is 30.0 Å². The van der Waals surface area contributed by atoms with E-state index in [9.17, 15) is 9.18 Å². The van der Waals surface area contributed by atoms with Crippen LogP contribution < -0.4 is 10.2 Å². The third-order valence-electron chi connectivity index (χ3n) is 4.14. The lowest BCUT2D eigenvalue weighted by Gasteiger charge is -2.15. The molecule has 108 valence electrons. The Bertz CT molecular complexity index is 668. The van der Waals surface area contributed by atoms with Crippen LogP contribution in [0.15, 0.2) is 29.6 Å². The Balaban J connectivity index is 1.53. The fourth-order valence-electron chi connectivity index (χ4n) is 3.06. The lowest BCUT2D eigenvalue weighted by molar-refractivity contribution is -0.119. The first-order chi connectivity index (χ1) is 10.2. The maximum absolute atomic E-state index is 13.0. The number of nitrogens with one attached hydrogen (secondary N) is 1. The summed E-state index contributed by atoms with van der Waals surface area (Å²) in [4.78, 5) is 18.2. The zero-order valence-electron chi connectivity index (χ0n) is 11.3. The van der Waals surface area contributed by atoms with Crippen LogP contribution in [0.5, 0.6) is 0 Å². The van der Waals surface area contributed by atoms with Crippen LogP contribution in [0.2, 0.25) is 0 Å². The predicted molar refractivity (Wildman–Crippen MR) is 79.8 cm³/mol. The smallest absolute Gasteiger partial charge is 0.220 e. The van der Waals surface area contributed by atoms with Crippen molar-refractivity contribution >= 4 is 22.4 Å². The molecule has 1 amide bonds. The summed E-state index contributed by atoms with van der Waals surface area (Å²) in [6.45, 7) is 1.70. The van der Waals surface area contributed by atoms with Crippen molar-refractivity contribution in [3.05, 3.63) is 35.5 Å². The molecule has 0 spiro atoms. The summed E-state index contributed by atoms with van der Waals surface area (Å²) in [5.74, 6) is 0.323. The highest BCUT2D eigenvalue weighted by Gasteiger charge is 2.40. The molecule has 2 aliphatic heterocycles. The van der Waals surface area contributed by atoms with Crippen molar-refractivity contribution in [2.75, 3.05) is 18.0 Å². The van der Waals surface area contributed by atoms with E-state index in [1.165, 1.54) is 12.1 Å². The van der Waals surface area contributed by atoms with E-state index in [1.807, 2.05) is 5.38 Å². The molecule has 3 heterocycles. The molecule has 0 aliphatic carbocycles. The zero-order chi connectivity index (χ0) is 14.4. The molecule has 4 rings (SSSR count). The van der Waals surface area contributed by atoms with E-state index in [4.69, 9.17) is 0 Å². The number of fused-ring (bicyclic) bond motifs is 1. The second-order valence-corrected chi connectivity index (χ2v) is 6.40. The largest absolute Gasteiger partial charge is 0.351 e. The number of halogens is 1. The molecule has 1 aromatic heterocycles. The number of anilines is 1. The summed E-state index contributed by atoms with van der Waals surface area (Å²) in [5.41, 5.74) is 1.79. The van der Waals surface area contributed by atoms with E-state index in [1.54, 1.807) is 23.5 Å². The average Bonchev–Trinajstić information content (AvgIpc) is 3.12. The van der Waals surface area contributed by atoms with E-state index in [0.29, 0.717) is 12.3 Å². The van der Waals surface area contributed by atoms with Crippen molar-refractivity contribution < 1.29 is 9.18 Å². The predicted octanol–water partition coefficient (Wildman–Crippen LogP) is 2.27. The van der Waals surface area contributed by atoms with Crippen LogP contribution in [0.3, 0.4) is 0 Å². The van der Waals surface area contributed by atoms with Crippen molar-refractivity contribution in [2.24, 2.45) is 5.92 Å². The highest BCUT2D eigenvalue weighted by atomic mass is 32.1. The van der Waals surface area contributed by atoms with Gasteiger partial charge in [0.25, 0.3) is 0 Å². The van der Waals surface area contributed by atoms with Crippen LogP contribution in [0.1, 0.15) is 6.42 Å². The maximum Gasteiger partial charge on any atom is 0.220 e. The van der Waals surface area contributed by atoms with Gasteiger partial charge in [-0.1, -0.05) is 0 Å². The molecule has 0 bridgehead atoms. The third kappa shape index (κ3) is 2.29. The fraction of sp³-hybridized carbons (Fsp3) is 0.333. The van der Waals surface area contributed by atoms with Crippen LogP contribution in [0.4, 0.5) is 9.52 Å². The quantitative estimate of drug-likeness (QED) is 0.926. The lowest BCUT2D eigenvalue weighted by atomic mass is 10.1. The van der Waals surface area contributed by atoms with Gasteiger partial charge in [-0.15, -0.1) is 11.3 Å². The van der Waals surface area contributed by atoms with Gasteiger partial charge in [0, 0.05) is 36.4 Å². The summed E-state index contributed by atoms with van der Waals surface area (Å²) < 4.78 is 13.0. The maximum atomic E-state index is 13.0. The summed E-state index contributed by atoms with van der Waals surface area (Å²) in [7, 11) is 0. The Kier molecular flexibility index (Phi) is 2.92. The minimum Gasteiger partial charge on any atom is -0.351 e. The number of amides is 1. The molecule has 21 heavy (non-hydrogen) atoms. The van der Waals surface area contributed by atoms with Crippen LogP contribution in [0.25, 0.3) is 11.3 Å². The van der Waals surface area contributed by atoms with Gasteiger partial charge in [-0.3, -0.25) is 4.79 Å². The van der Waals surface area contributed by atoms with Gasteiger partial charge in [0.05, 0.1) is 11.7 Å². The van der Waals surface area contributed by atoms with E-state index >= 15 is 0 Å². The summed E-state index contributed by atoms with van der Waals surface area (Å²) >= 11 is 1.59. The van der Waals surface area contributed by atoms with Gasteiger partial charge in [-0.05, 0) is 24.3 Å². The second-order valence-electron chi connectivity index (χ2n) is 5.57. The van der Waals surface area contributed by atoms with Gasteiger partial charge in [-0.2, -0.15) is 0 Å². The first kappa shape index (κ1) is 12.8. The molecule has 1 aromatic carbocycles. The van der Waals surface area contributed by atoms with Crippen molar-refractivity contribution in [3.8, 4) is 11.3 Å². The van der Waals surface area contributed by atoms with Gasteiger partial charge in [0.1, 0.15) is 5.82 Å². The molecule has 2 atom stereocenters. The van der Waals surface area contributed by atoms with Gasteiger partial charge < -0.3 is 10.2 Å². The number of benzene rings is 1. The van der Waals surface area contributed by atoms with Crippen molar-refractivity contribution in [2.45, 2.75) is 12.5 Å². The Morgan fingerprint density at radius 3 is 2.86 bits per heavy atom. The first-order valence-corrected chi connectivity index (χ1v) is 7.83. The fourth-order valence-corrected chi connectivity index (χ4v) is 3.92. The first-order valence-electron chi connectivity index (χ1n) is 6.95. The van der Waals surface area contributed by atoms with Gasteiger partial charge in [0.2, 0.25) is 5.91 Å². The number of hydrogen-bond donors (Lipinski definition) is 1. The number of rotatable bonds is 2. The summed E-state index contributed by atoms with van der Waals surface area (Å²) in [6, 6.07) is 6.64. The molecule has 0 saturated carbocycles. The van der Waals surface area contributed by atoms with Crippen molar-refractivity contribution in [1.82, 2.24) is 10.3 Å². The van der Waals surface area contributed by atoms with Gasteiger partial charge in [-0.25, -0.2) is 9.37 Å². The molecule has 2 aliphatic rings. The summed E-state index contributed by atoms with van der Waals surface area (Å²) in [5, 5.41) is 5.98. The lowest BCUT2D eigenvalue weighted by Crippen LogP contribution is -2.32. The number of carbonyl (C=O) groups excluding carboxylic acids is 1. The van der Waals surface area contributed by atoms with E-state index in [0.717, 1.165) is 29.5 Å². The summed E-state index contributed by atoms with van der Waals surface area (Å²) in [6.07, 6.45) is 0.622. The Morgan fingerprint density at radius 2 is 2.10 bits per heavy atom. The highest BCUT2D eigenvalue weighted by molar-refractivity contribution is 7.14. The molecule has 1 N–H and O–H groups in total. The number of carbonyl (C=O) groups is 1. The zero-order valence-corrected chi connectivity index (χ0v) is 12.1. The van der Waals surface area contributed by atoms with E-state index < -0.39 is 0 Å². The number of thiazole rings is 1. The molecular weight excluding hydrogens is 289 g/mol. The minimum atomic E-state index is -0.239. The highest BCUT2D eigenvalue weighted by Crippen LogP contribution is 2.33. The second kappa shape index (κ2) is 4.80. The van der Waals surface area contributed by atoms with Crippen molar-refractivity contribution in [1.29, 1.82) is 0 Å². The standard InChI is InChI=1S/C15H14FN3OS/c16-11-3-1-9(2-4-11)13-8-21-15(18-13)19-6-10-5-14(20)17-12(10)7-19/h1-4,8,10,12H,5-7H2,(H,17,20)/t10-,12+/m0/s1. The van der Waals surface area contributed by atoms with Crippen LogP contribution in [-0.2, 0) is 4.79 Å². The van der Waals surface area contributed by atoms with Gasteiger partial charge in [0.15, 0.2) is 5.13 Å². The topological polar surface area (TPSA) is 45.2 Å². The Hall–Kier alpha value is -1.95. The van der Waals surface area contributed by atoms with E-state index in [-0.39, 0.29) is 17.8 Å². The normalized spacial score (nSPS) is 24.2. The number of nitrogens with zero attached hydrogens (tertiary/aromatic N) is 2. The molecule has 4 nitrogen and oxygen atoms in total. The molecular formula is C15H14FN3OS. The number of aromatic nitrogens is 1. The van der Waals surface area contributed by atoms with Crippen molar-refractivity contribution in [3.63, 3.8) is 0 Å². The number of hydrogen-bond acceptors (Lipinski definition) is 4. The monoisotopic (exact) mass is 303 g/mol. The Labute approximate surface area is 125 Å². The molecule has 2 fully saturated rings. The minimum absolute atomic E-state index is 0.163. The molecule has 6 heteroatoms. The molecule has 2 saturated heterocycles. The van der Waals surface area contributed by atoms with Crippen LogP contribution in [0, 0.1) is 11.7 Å².